The Hall–Kier alpha value is -2.11. The maximum Gasteiger partial charge on any atom is 0.257 e. The molecule has 3 rings (SSSR count). The lowest BCUT2D eigenvalue weighted by atomic mass is 9.99. The molecule has 0 atom stereocenters. The molecule has 1 aliphatic rings. The smallest absolute Gasteiger partial charge is 0.257 e. The Labute approximate surface area is 170 Å². The van der Waals surface area contributed by atoms with Gasteiger partial charge in [-0.1, -0.05) is 36.2 Å². The van der Waals surface area contributed by atoms with E-state index < -0.39 is 0 Å². The van der Waals surface area contributed by atoms with Crippen LogP contribution in [0.2, 0.25) is 5.02 Å². The maximum atomic E-state index is 12.2. The number of benzene rings is 2. The first kappa shape index (κ1) is 19.6. The van der Waals surface area contributed by atoms with Crippen LogP contribution in [0, 0.1) is 12.8 Å². The van der Waals surface area contributed by atoms with E-state index in [0.717, 1.165) is 35.9 Å². The number of nitrogens with one attached hydrogen (secondary N) is 2. The molecule has 1 fully saturated rings. The highest BCUT2D eigenvalue weighted by Crippen LogP contribution is 2.31. The lowest BCUT2D eigenvalue weighted by Crippen LogP contribution is -2.34. The minimum absolute atomic E-state index is 0.238. The molecule has 1 amide bonds. The van der Waals surface area contributed by atoms with Crippen molar-refractivity contribution >= 4 is 46.2 Å². The van der Waals surface area contributed by atoms with Crippen molar-refractivity contribution in [1.82, 2.24) is 5.32 Å². The molecule has 27 heavy (non-hydrogen) atoms. The summed E-state index contributed by atoms with van der Waals surface area (Å²) in [5.41, 5.74) is 3.47. The fourth-order valence-electron chi connectivity index (χ4n) is 3.13. The van der Waals surface area contributed by atoms with Gasteiger partial charge in [0.1, 0.15) is 0 Å². The number of hydrogen-bond donors (Lipinski definition) is 2. The van der Waals surface area contributed by atoms with Gasteiger partial charge in [-0.2, -0.15) is 0 Å². The minimum Gasteiger partial charge on any atom is -0.370 e. The normalized spacial score (nSPS) is 14.7. The second kappa shape index (κ2) is 8.72. The summed E-state index contributed by atoms with van der Waals surface area (Å²) < 4.78 is 0. The van der Waals surface area contributed by atoms with E-state index >= 15 is 0 Å². The maximum absolute atomic E-state index is 12.2. The van der Waals surface area contributed by atoms with Gasteiger partial charge in [0, 0.05) is 24.3 Å². The van der Waals surface area contributed by atoms with Crippen molar-refractivity contribution in [2.75, 3.05) is 23.3 Å². The number of carbonyl (C=O) groups excluding carboxylic acids is 1. The van der Waals surface area contributed by atoms with Gasteiger partial charge in [0.15, 0.2) is 5.11 Å². The number of carbonyl (C=O) groups is 1. The topological polar surface area (TPSA) is 44.4 Å². The molecule has 1 aliphatic heterocycles. The molecule has 0 unspecified atom stereocenters. The first-order chi connectivity index (χ1) is 12.9. The van der Waals surface area contributed by atoms with E-state index in [1.54, 1.807) is 12.1 Å². The summed E-state index contributed by atoms with van der Waals surface area (Å²) in [6, 6.07) is 13.1. The van der Waals surface area contributed by atoms with Gasteiger partial charge in [-0.15, -0.1) is 0 Å². The van der Waals surface area contributed by atoms with Crippen molar-refractivity contribution in [2.24, 2.45) is 5.92 Å². The van der Waals surface area contributed by atoms with Crippen LogP contribution in [0.15, 0.2) is 42.5 Å². The second-order valence-corrected chi connectivity index (χ2v) is 7.93. The van der Waals surface area contributed by atoms with Gasteiger partial charge >= 0.3 is 0 Å². The van der Waals surface area contributed by atoms with Crippen molar-refractivity contribution in [1.29, 1.82) is 0 Å². The molecule has 0 radical (unpaired) electrons. The number of halogens is 1. The summed E-state index contributed by atoms with van der Waals surface area (Å²) in [6.07, 6.45) is 2.37. The van der Waals surface area contributed by atoms with Crippen LogP contribution in [0.5, 0.6) is 0 Å². The lowest BCUT2D eigenvalue weighted by molar-refractivity contribution is 0.0977. The summed E-state index contributed by atoms with van der Waals surface area (Å²) in [5.74, 6) is 0.535. The minimum atomic E-state index is -0.238. The number of rotatable bonds is 3. The first-order valence-corrected chi connectivity index (χ1v) is 9.94. The number of thiocarbonyl (C=S) groups is 1. The summed E-state index contributed by atoms with van der Waals surface area (Å²) >= 11 is 11.7. The van der Waals surface area contributed by atoms with Gasteiger partial charge in [0.2, 0.25) is 0 Å². The largest absolute Gasteiger partial charge is 0.370 e. The van der Waals surface area contributed by atoms with E-state index in [1.807, 2.05) is 37.3 Å². The Balaban J connectivity index is 1.60. The average Bonchev–Trinajstić information content (AvgIpc) is 2.63. The lowest BCUT2D eigenvalue weighted by Gasteiger charge is -2.32. The predicted octanol–water partition coefficient (Wildman–Crippen LogP) is 5.01. The Bertz CT molecular complexity index is 830. The van der Waals surface area contributed by atoms with E-state index in [4.69, 9.17) is 23.8 Å². The summed E-state index contributed by atoms with van der Waals surface area (Å²) in [5, 5.41) is 6.65. The number of hydrogen-bond acceptors (Lipinski definition) is 3. The zero-order valence-electron chi connectivity index (χ0n) is 15.6. The highest BCUT2D eigenvalue weighted by molar-refractivity contribution is 7.80. The molecule has 0 bridgehead atoms. The number of aryl methyl sites for hydroxylation is 1. The number of amides is 1. The molecule has 2 aromatic carbocycles. The van der Waals surface area contributed by atoms with Crippen molar-refractivity contribution in [3.05, 3.63) is 58.6 Å². The van der Waals surface area contributed by atoms with E-state index in [1.165, 1.54) is 12.8 Å². The van der Waals surface area contributed by atoms with Gasteiger partial charge in [-0.3, -0.25) is 10.1 Å². The first-order valence-electron chi connectivity index (χ1n) is 9.16. The highest BCUT2D eigenvalue weighted by Gasteiger charge is 2.18. The molecular formula is C21H24ClN3OS. The number of piperidine rings is 1. The zero-order valence-corrected chi connectivity index (χ0v) is 17.2. The molecule has 2 N–H and O–H groups in total. The van der Waals surface area contributed by atoms with Crippen molar-refractivity contribution < 1.29 is 4.79 Å². The molecule has 4 nitrogen and oxygen atoms in total. The van der Waals surface area contributed by atoms with E-state index in [0.29, 0.717) is 10.6 Å². The zero-order chi connectivity index (χ0) is 19.4. The Morgan fingerprint density at radius 3 is 2.44 bits per heavy atom. The molecular weight excluding hydrogens is 378 g/mol. The molecule has 0 aliphatic carbocycles. The SMILES string of the molecule is Cc1ccc(C(=O)NC(=S)Nc2ccc(N3CCC(C)CC3)c(Cl)c2)cc1. The average molecular weight is 402 g/mol. The van der Waals surface area contributed by atoms with Crippen LogP contribution >= 0.6 is 23.8 Å². The van der Waals surface area contributed by atoms with E-state index in [2.05, 4.69) is 22.5 Å². The fraction of sp³-hybridized carbons (Fsp3) is 0.333. The summed E-state index contributed by atoms with van der Waals surface area (Å²) in [6.45, 7) is 6.32. The molecule has 0 saturated carbocycles. The third-order valence-corrected chi connectivity index (χ3v) is 5.38. The van der Waals surface area contributed by atoms with Crippen LogP contribution < -0.4 is 15.5 Å². The number of nitrogens with zero attached hydrogens (tertiary/aromatic N) is 1. The Morgan fingerprint density at radius 2 is 1.81 bits per heavy atom. The molecule has 6 heteroatoms. The van der Waals surface area contributed by atoms with Gasteiger partial charge in [-0.25, -0.2) is 0 Å². The fourth-order valence-corrected chi connectivity index (χ4v) is 3.64. The monoisotopic (exact) mass is 401 g/mol. The number of anilines is 2. The van der Waals surface area contributed by atoms with Crippen LogP contribution in [0.25, 0.3) is 0 Å². The van der Waals surface area contributed by atoms with Crippen LogP contribution in [0.1, 0.15) is 35.7 Å². The summed E-state index contributed by atoms with van der Waals surface area (Å²) in [7, 11) is 0. The standard InChI is InChI=1S/C21H24ClN3OS/c1-14-3-5-16(6-4-14)20(26)24-21(27)23-17-7-8-19(18(22)13-17)25-11-9-15(2)10-12-25/h3-8,13,15H,9-12H2,1-2H3,(H2,23,24,26,27). The third kappa shape index (κ3) is 5.21. The van der Waals surface area contributed by atoms with E-state index in [-0.39, 0.29) is 11.0 Å². The van der Waals surface area contributed by atoms with Crippen LogP contribution in [0.3, 0.4) is 0 Å². The highest BCUT2D eigenvalue weighted by atomic mass is 35.5. The third-order valence-electron chi connectivity index (χ3n) is 4.87. The molecule has 1 saturated heterocycles. The molecule has 0 spiro atoms. The van der Waals surface area contributed by atoms with Crippen LogP contribution in [0.4, 0.5) is 11.4 Å². The molecule has 0 aromatic heterocycles. The van der Waals surface area contributed by atoms with Crippen molar-refractivity contribution in [2.45, 2.75) is 26.7 Å². The van der Waals surface area contributed by atoms with E-state index in [9.17, 15) is 4.79 Å². The van der Waals surface area contributed by atoms with Crippen molar-refractivity contribution in [3.63, 3.8) is 0 Å². The van der Waals surface area contributed by atoms with Gasteiger partial charge in [0.05, 0.1) is 10.7 Å². The Morgan fingerprint density at radius 1 is 1.15 bits per heavy atom. The predicted molar refractivity (Wildman–Crippen MR) is 117 cm³/mol. The van der Waals surface area contributed by atoms with Crippen molar-refractivity contribution in [3.8, 4) is 0 Å². The molecule has 1 heterocycles. The molecule has 142 valence electrons. The van der Waals surface area contributed by atoms with Gasteiger partial charge in [-0.05, 0) is 68.2 Å². The Kier molecular flexibility index (Phi) is 6.34. The molecule has 2 aromatic rings. The van der Waals surface area contributed by atoms with Gasteiger partial charge < -0.3 is 10.2 Å². The summed E-state index contributed by atoms with van der Waals surface area (Å²) in [4.78, 5) is 14.6. The quantitative estimate of drug-likeness (QED) is 0.709. The van der Waals surface area contributed by atoms with Gasteiger partial charge in [0.25, 0.3) is 5.91 Å². The second-order valence-electron chi connectivity index (χ2n) is 7.11. The van der Waals surface area contributed by atoms with Crippen LogP contribution in [-0.4, -0.2) is 24.1 Å². The van der Waals surface area contributed by atoms with Crippen LogP contribution in [-0.2, 0) is 0 Å².